The van der Waals surface area contributed by atoms with Gasteiger partial charge in [0, 0.05) is 17.0 Å². The van der Waals surface area contributed by atoms with Crippen molar-refractivity contribution in [2.24, 2.45) is 5.10 Å². The molecule has 0 aliphatic rings. The largest absolute Gasteiger partial charge is 0.490 e. The number of furan rings is 1. The highest BCUT2D eigenvalue weighted by Crippen LogP contribution is 2.38. The molecule has 0 spiro atoms. The quantitative estimate of drug-likeness (QED) is 0.165. The number of carbonyl (C=O) groups is 1. The van der Waals surface area contributed by atoms with Gasteiger partial charge in [-0.25, -0.2) is 9.78 Å². The summed E-state index contributed by atoms with van der Waals surface area (Å²) in [6.07, 6.45) is 1.24. The molecule has 0 saturated carbocycles. The molecule has 39 heavy (non-hydrogen) atoms. The zero-order valence-corrected chi connectivity index (χ0v) is 20.4. The highest BCUT2D eigenvalue weighted by molar-refractivity contribution is 5.86. The SMILES string of the molecule is CCOc1cc(C=Nn2c(-c3cc4ccccc4o3)nc3ccccc3c2=O)cc([N+](=O)[O-])c1OCC(=O)O. The molecule has 0 fully saturated rings. The van der Waals surface area contributed by atoms with Crippen LogP contribution in [0.25, 0.3) is 33.5 Å². The van der Waals surface area contributed by atoms with Crippen molar-refractivity contribution in [3.05, 3.63) is 92.8 Å². The van der Waals surface area contributed by atoms with Gasteiger partial charge in [-0.3, -0.25) is 14.9 Å². The fourth-order valence-electron chi connectivity index (χ4n) is 3.97. The zero-order chi connectivity index (χ0) is 27.5. The van der Waals surface area contributed by atoms with Crippen molar-refractivity contribution in [3.8, 4) is 23.1 Å². The first-order chi connectivity index (χ1) is 18.9. The predicted molar refractivity (Wildman–Crippen MR) is 142 cm³/mol. The van der Waals surface area contributed by atoms with Crippen molar-refractivity contribution in [1.82, 2.24) is 9.66 Å². The molecule has 5 aromatic rings. The van der Waals surface area contributed by atoms with Crippen LogP contribution < -0.4 is 15.0 Å². The van der Waals surface area contributed by atoms with Crippen LogP contribution in [0.5, 0.6) is 11.5 Å². The molecule has 3 aromatic carbocycles. The number of hydrogen-bond acceptors (Lipinski definition) is 9. The first kappa shape index (κ1) is 25.1. The van der Waals surface area contributed by atoms with Crippen LogP contribution >= 0.6 is 0 Å². The van der Waals surface area contributed by atoms with E-state index in [-0.39, 0.29) is 29.5 Å². The third kappa shape index (κ3) is 5.03. The summed E-state index contributed by atoms with van der Waals surface area (Å²) >= 11 is 0. The van der Waals surface area contributed by atoms with E-state index in [1.807, 2.05) is 18.2 Å². The van der Waals surface area contributed by atoms with Gasteiger partial charge in [-0.2, -0.15) is 9.78 Å². The second-order valence-corrected chi connectivity index (χ2v) is 8.20. The lowest BCUT2D eigenvalue weighted by Crippen LogP contribution is -2.20. The molecule has 12 heteroatoms. The fraction of sp³-hybridized carbons (Fsp3) is 0.111. The molecule has 2 aromatic heterocycles. The molecule has 12 nitrogen and oxygen atoms in total. The number of ether oxygens (including phenoxy) is 2. The van der Waals surface area contributed by atoms with Gasteiger partial charge in [0.25, 0.3) is 5.56 Å². The predicted octanol–water partition coefficient (Wildman–Crippen LogP) is 4.46. The van der Waals surface area contributed by atoms with Crippen molar-refractivity contribution < 1.29 is 28.7 Å². The molecular weight excluding hydrogens is 508 g/mol. The highest BCUT2D eigenvalue weighted by atomic mass is 16.6. The lowest BCUT2D eigenvalue weighted by Gasteiger charge is -2.12. The van der Waals surface area contributed by atoms with Crippen LogP contribution in [-0.2, 0) is 4.79 Å². The van der Waals surface area contributed by atoms with Gasteiger partial charge in [-0.1, -0.05) is 30.3 Å². The van der Waals surface area contributed by atoms with Crippen LogP contribution in [0, 0.1) is 10.1 Å². The van der Waals surface area contributed by atoms with E-state index in [0.29, 0.717) is 22.2 Å². The van der Waals surface area contributed by atoms with E-state index in [9.17, 15) is 19.7 Å². The van der Waals surface area contributed by atoms with Crippen LogP contribution in [0.1, 0.15) is 12.5 Å². The normalized spacial score (nSPS) is 11.3. The first-order valence-electron chi connectivity index (χ1n) is 11.7. The Bertz CT molecular complexity index is 1790. The van der Waals surface area contributed by atoms with Crippen LogP contribution in [0.15, 0.2) is 81.0 Å². The summed E-state index contributed by atoms with van der Waals surface area (Å²) in [5, 5.41) is 26.2. The summed E-state index contributed by atoms with van der Waals surface area (Å²) in [5.41, 5.74) is 0.236. The number of rotatable bonds is 9. The summed E-state index contributed by atoms with van der Waals surface area (Å²) < 4.78 is 17.6. The molecule has 0 radical (unpaired) electrons. The van der Waals surface area contributed by atoms with Crippen molar-refractivity contribution in [2.45, 2.75) is 6.92 Å². The monoisotopic (exact) mass is 528 g/mol. The second-order valence-electron chi connectivity index (χ2n) is 8.20. The maximum atomic E-state index is 13.5. The van der Waals surface area contributed by atoms with Crippen molar-refractivity contribution in [1.29, 1.82) is 0 Å². The third-order valence-electron chi connectivity index (χ3n) is 5.62. The molecule has 0 unspecified atom stereocenters. The van der Waals surface area contributed by atoms with E-state index in [2.05, 4.69) is 10.1 Å². The zero-order valence-electron chi connectivity index (χ0n) is 20.4. The summed E-state index contributed by atoms with van der Waals surface area (Å²) in [6, 6.07) is 18.4. The van der Waals surface area contributed by atoms with Gasteiger partial charge in [0.1, 0.15) is 5.58 Å². The van der Waals surface area contributed by atoms with Crippen molar-refractivity contribution in [3.63, 3.8) is 0 Å². The second kappa shape index (κ2) is 10.5. The number of para-hydroxylation sites is 2. The maximum Gasteiger partial charge on any atom is 0.341 e. The van der Waals surface area contributed by atoms with Gasteiger partial charge in [0.05, 0.1) is 28.6 Å². The Morgan fingerprint density at radius 1 is 1.15 bits per heavy atom. The number of aliphatic carboxylic acids is 1. The molecule has 1 N–H and O–H groups in total. The molecule has 0 amide bonds. The molecule has 0 aliphatic carbocycles. The number of carboxylic acids is 1. The lowest BCUT2D eigenvalue weighted by molar-refractivity contribution is -0.385. The Morgan fingerprint density at radius 2 is 1.92 bits per heavy atom. The van der Waals surface area contributed by atoms with Gasteiger partial charge in [-0.05, 0) is 37.3 Å². The lowest BCUT2D eigenvalue weighted by atomic mass is 10.2. The summed E-state index contributed by atoms with van der Waals surface area (Å²) in [6.45, 7) is 0.992. The van der Waals surface area contributed by atoms with Gasteiger partial charge < -0.3 is 19.0 Å². The van der Waals surface area contributed by atoms with Gasteiger partial charge >= 0.3 is 11.7 Å². The summed E-state index contributed by atoms with van der Waals surface area (Å²) in [4.78, 5) is 40.1. The van der Waals surface area contributed by atoms with Crippen molar-refractivity contribution in [2.75, 3.05) is 13.2 Å². The van der Waals surface area contributed by atoms with E-state index in [1.165, 1.54) is 12.3 Å². The van der Waals surface area contributed by atoms with Crippen LogP contribution in [0.2, 0.25) is 0 Å². The topological polar surface area (TPSA) is 159 Å². The Kier molecular flexibility index (Phi) is 6.74. The molecule has 0 aliphatic heterocycles. The molecule has 0 saturated heterocycles. The van der Waals surface area contributed by atoms with Gasteiger partial charge in [0.2, 0.25) is 11.6 Å². The average Bonchev–Trinajstić information content (AvgIpc) is 3.36. The van der Waals surface area contributed by atoms with E-state index >= 15 is 0 Å². The van der Waals surface area contributed by atoms with E-state index in [1.54, 1.807) is 43.3 Å². The Hall–Kier alpha value is -5.52. The van der Waals surface area contributed by atoms with Gasteiger partial charge in [0.15, 0.2) is 18.1 Å². The Balaban J connectivity index is 1.66. The number of fused-ring (bicyclic) bond motifs is 2. The number of nitro groups is 1. The molecule has 2 heterocycles. The third-order valence-corrected chi connectivity index (χ3v) is 5.62. The van der Waals surface area contributed by atoms with Gasteiger partial charge in [-0.15, -0.1) is 0 Å². The smallest absolute Gasteiger partial charge is 0.341 e. The maximum absolute atomic E-state index is 13.5. The highest BCUT2D eigenvalue weighted by Gasteiger charge is 2.23. The average molecular weight is 528 g/mol. The molecule has 0 atom stereocenters. The molecule has 5 rings (SSSR count). The number of hydrogen-bond donors (Lipinski definition) is 1. The minimum Gasteiger partial charge on any atom is -0.490 e. The summed E-state index contributed by atoms with van der Waals surface area (Å²) in [5.74, 6) is -1.25. The molecule has 0 bridgehead atoms. The van der Waals surface area contributed by atoms with Crippen LogP contribution in [0.3, 0.4) is 0 Å². The van der Waals surface area contributed by atoms with E-state index in [4.69, 9.17) is 19.0 Å². The van der Waals surface area contributed by atoms with Crippen molar-refractivity contribution >= 4 is 39.7 Å². The number of benzene rings is 3. The first-order valence-corrected chi connectivity index (χ1v) is 11.7. The standard InChI is InChI=1S/C27H20N4O8/c1-2-37-22-12-16(11-20(31(35)36)25(22)38-15-24(32)33)14-28-30-26(23-13-17-7-3-6-10-21(17)39-23)29-19-9-5-4-8-18(19)27(30)34/h3-14H,2,15H2,1H3,(H,32,33). The Morgan fingerprint density at radius 3 is 2.67 bits per heavy atom. The minimum absolute atomic E-state index is 0.0455. The van der Waals surface area contributed by atoms with E-state index < -0.39 is 28.7 Å². The Labute approximate surface area is 219 Å². The van der Waals surface area contributed by atoms with Crippen LogP contribution in [0.4, 0.5) is 5.69 Å². The number of aromatic nitrogens is 2. The number of carboxylic acid groups (broad SMARTS) is 1. The fourth-order valence-corrected chi connectivity index (χ4v) is 3.97. The van der Waals surface area contributed by atoms with Crippen LogP contribution in [-0.4, -0.2) is 45.1 Å². The summed E-state index contributed by atoms with van der Waals surface area (Å²) in [7, 11) is 0. The number of nitro benzene ring substituents is 1. The number of nitrogens with zero attached hydrogens (tertiary/aromatic N) is 4. The minimum atomic E-state index is -1.31. The molecular formula is C27H20N4O8. The van der Waals surface area contributed by atoms with E-state index in [0.717, 1.165) is 16.1 Å². The molecule has 196 valence electrons.